The minimum Gasteiger partial charge on any atom is -0.465 e. The average molecular weight is 550 g/mol. The molecule has 0 unspecified atom stereocenters. The van der Waals surface area contributed by atoms with Crippen LogP contribution in [-0.2, 0) is 16.2 Å². The highest BCUT2D eigenvalue weighted by Crippen LogP contribution is 2.30. The van der Waals surface area contributed by atoms with E-state index in [9.17, 15) is 9.59 Å². The molecule has 0 saturated carbocycles. The number of benzene rings is 2. The second-order valence-corrected chi connectivity index (χ2v) is 11.3. The van der Waals surface area contributed by atoms with Crippen LogP contribution in [0.2, 0.25) is 0 Å². The molecule has 0 fully saturated rings. The lowest BCUT2D eigenvalue weighted by atomic mass is 10.1. The van der Waals surface area contributed by atoms with E-state index in [1.165, 1.54) is 30.2 Å². The van der Waals surface area contributed by atoms with Gasteiger partial charge in [-0.15, -0.1) is 21.5 Å². The number of rotatable bonds is 8. The molecule has 5 rings (SSSR count). The highest BCUT2D eigenvalue weighted by atomic mass is 32.2. The maximum Gasteiger partial charge on any atom is 0.337 e. The predicted molar refractivity (Wildman–Crippen MR) is 148 cm³/mol. The number of hydrogen-bond donors (Lipinski definition) is 1. The second-order valence-electron chi connectivity index (χ2n) is 8.17. The van der Waals surface area contributed by atoms with E-state index >= 15 is 0 Å². The summed E-state index contributed by atoms with van der Waals surface area (Å²) in [5.74, 6) is 1.53. The molecule has 3 aromatic heterocycles. The van der Waals surface area contributed by atoms with E-state index in [0.29, 0.717) is 27.6 Å². The third kappa shape index (κ3) is 5.34. The van der Waals surface area contributed by atoms with Crippen LogP contribution in [0.1, 0.15) is 32.2 Å². The molecule has 0 saturated heterocycles. The SMILES string of the molecule is COC(=O)c1ccc(CSc2nnc(CSc3nc4sc(C)c(C)c4c(=O)[nH]3)n2-c2ccccc2)cc1. The van der Waals surface area contributed by atoms with Crippen molar-refractivity contribution in [1.82, 2.24) is 24.7 Å². The lowest BCUT2D eigenvalue weighted by Crippen LogP contribution is -2.09. The number of hydrogen-bond acceptors (Lipinski definition) is 9. The van der Waals surface area contributed by atoms with Crippen LogP contribution < -0.4 is 5.56 Å². The molecule has 0 radical (unpaired) electrons. The Morgan fingerprint density at radius 1 is 1.03 bits per heavy atom. The summed E-state index contributed by atoms with van der Waals surface area (Å²) in [5.41, 5.74) is 3.38. The number of fused-ring (bicyclic) bond motifs is 1. The van der Waals surface area contributed by atoms with Gasteiger partial charge in [0.1, 0.15) is 10.7 Å². The van der Waals surface area contributed by atoms with Crippen molar-refractivity contribution in [3.63, 3.8) is 0 Å². The maximum absolute atomic E-state index is 12.7. The summed E-state index contributed by atoms with van der Waals surface area (Å²) < 4.78 is 6.79. The molecule has 0 aliphatic heterocycles. The van der Waals surface area contributed by atoms with Gasteiger partial charge in [0.05, 0.1) is 23.8 Å². The van der Waals surface area contributed by atoms with Crippen molar-refractivity contribution in [1.29, 1.82) is 0 Å². The summed E-state index contributed by atoms with van der Waals surface area (Å²) in [6, 6.07) is 17.3. The molecule has 8 nitrogen and oxygen atoms in total. The van der Waals surface area contributed by atoms with E-state index in [4.69, 9.17) is 4.74 Å². The summed E-state index contributed by atoms with van der Waals surface area (Å²) in [5, 5.41) is 10.9. The Balaban J connectivity index is 1.38. The number of aromatic amines is 1. The Labute approximate surface area is 225 Å². The van der Waals surface area contributed by atoms with Crippen LogP contribution in [0.3, 0.4) is 0 Å². The van der Waals surface area contributed by atoms with Gasteiger partial charge in [-0.2, -0.15) is 0 Å². The molecule has 0 spiro atoms. The van der Waals surface area contributed by atoms with Gasteiger partial charge in [0.2, 0.25) is 0 Å². The maximum atomic E-state index is 12.7. The average Bonchev–Trinajstić information content (AvgIpc) is 3.46. The van der Waals surface area contributed by atoms with Crippen molar-refractivity contribution in [3.8, 4) is 5.69 Å². The summed E-state index contributed by atoms with van der Waals surface area (Å²) in [4.78, 5) is 33.8. The summed E-state index contributed by atoms with van der Waals surface area (Å²) in [7, 11) is 1.37. The molecule has 3 heterocycles. The van der Waals surface area contributed by atoms with Crippen LogP contribution in [0.5, 0.6) is 0 Å². The van der Waals surface area contributed by atoms with E-state index in [1.54, 1.807) is 23.9 Å². The molecule has 5 aromatic rings. The fourth-order valence-corrected chi connectivity index (χ4v) is 6.55. The number of para-hydroxylation sites is 1. The number of thiophene rings is 1. The Bertz CT molecular complexity index is 1630. The Kier molecular flexibility index (Phi) is 7.45. The first kappa shape index (κ1) is 25.2. The Morgan fingerprint density at radius 2 is 1.78 bits per heavy atom. The lowest BCUT2D eigenvalue weighted by molar-refractivity contribution is 0.0600. The van der Waals surface area contributed by atoms with Gasteiger partial charge in [0, 0.05) is 16.3 Å². The zero-order chi connectivity index (χ0) is 25.9. The minimum atomic E-state index is -0.357. The molecule has 2 aromatic carbocycles. The van der Waals surface area contributed by atoms with Gasteiger partial charge in [-0.1, -0.05) is 53.9 Å². The number of methoxy groups -OCH3 is 1. The number of aromatic nitrogens is 5. The molecule has 0 aliphatic rings. The monoisotopic (exact) mass is 549 g/mol. The standard InChI is InChI=1S/C26H23N5O3S3/c1-15-16(2)37-23-21(15)22(32)27-25(28-23)35-14-20-29-30-26(31(20)19-7-5-4-6-8-19)36-13-17-9-11-18(12-10-17)24(33)34-3/h4-12H,13-14H2,1-3H3,(H,27,28,32). The van der Waals surface area contributed by atoms with Crippen LogP contribution in [0, 0.1) is 13.8 Å². The third-order valence-electron chi connectivity index (χ3n) is 5.81. The number of H-pyrrole nitrogens is 1. The van der Waals surface area contributed by atoms with E-state index in [0.717, 1.165) is 37.5 Å². The summed E-state index contributed by atoms with van der Waals surface area (Å²) in [6.07, 6.45) is 0. The first-order chi connectivity index (χ1) is 17.9. The van der Waals surface area contributed by atoms with Gasteiger partial charge >= 0.3 is 5.97 Å². The first-order valence-electron chi connectivity index (χ1n) is 11.4. The van der Waals surface area contributed by atoms with Crippen molar-refractivity contribution in [3.05, 3.63) is 92.3 Å². The van der Waals surface area contributed by atoms with E-state index in [2.05, 4.69) is 20.2 Å². The normalized spacial score (nSPS) is 11.2. The summed E-state index contributed by atoms with van der Waals surface area (Å²) in [6.45, 7) is 3.95. The van der Waals surface area contributed by atoms with Crippen molar-refractivity contribution < 1.29 is 9.53 Å². The Hall–Kier alpha value is -3.41. The van der Waals surface area contributed by atoms with Gasteiger partial charge < -0.3 is 9.72 Å². The fraction of sp³-hybridized carbons (Fsp3) is 0.192. The van der Waals surface area contributed by atoms with Gasteiger partial charge in [-0.3, -0.25) is 9.36 Å². The summed E-state index contributed by atoms with van der Waals surface area (Å²) >= 11 is 4.52. The zero-order valence-electron chi connectivity index (χ0n) is 20.3. The molecule has 0 bridgehead atoms. The predicted octanol–water partition coefficient (Wildman–Crippen LogP) is 5.55. The van der Waals surface area contributed by atoms with Crippen LogP contribution in [-0.4, -0.2) is 37.8 Å². The largest absolute Gasteiger partial charge is 0.465 e. The van der Waals surface area contributed by atoms with Crippen molar-refractivity contribution in [2.75, 3.05) is 7.11 Å². The molecule has 0 amide bonds. The molecule has 11 heteroatoms. The molecule has 0 atom stereocenters. The number of carbonyl (C=O) groups excluding carboxylic acids is 1. The van der Waals surface area contributed by atoms with Crippen LogP contribution in [0.15, 0.2) is 69.7 Å². The highest BCUT2D eigenvalue weighted by molar-refractivity contribution is 7.98. The highest BCUT2D eigenvalue weighted by Gasteiger charge is 2.17. The van der Waals surface area contributed by atoms with Crippen LogP contribution in [0.25, 0.3) is 15.9 Å². The number of nitrogens with one attached hydrogen (secondary N) is 1. The number of ether oxygens (including phenoxy) is 1. The fourth-order valence-electron chi connectivity index (χ4n) is 3.76. The smallest absolute Gasteiger partial charge is 0.337 e. The van der Waals surface area contributed by atoms with Crippen LogP contribution >= 0.6 is 34.9 Å². The third-order valence-corrected chi connectivity index (χ3v) is 8.78. The van der Waals surface area contributed by atoms with Gasteiger partial charge in [0.15, 0.2) is 10.3 Å². The minimum absolute atomic E-state index is 0.117. The van der Waals surface area contributed by atoms with Crippen molar-refractivity contribution in [2.24, 2.45) is 0 Å². The lowest BCUT2D eigenvalue weighted by Gasteiger charge is -2.10. The quantitative estimate of drug-likeness (QED) is 0.153. The van der Waals surface area contributed by atoms with Gasteiger partial charge in [-0.25, -0.2) is 9.78 Å². The molecule has 37 heavy (non-hydrogen) atoms. The van der Waals surface area contributed by atoms with E-state index in [1.807, 2.05) is 60.9 Å². The van der Waals surface area contributed by atoms with Crippen LogP contribution in [0.4, 0.5) is 0 Å². The zero-order valence-corrected chi connectivity index (χ0v) is 22.8. The topological polar surface area (TPSA) is 103 Å². The molecule has 188 valence electrons. The number of aryl methyl sites for hydroxylation is 2. The number of carbonyl (C=O) groups is 1. The van der Waals surface area contributed by atoms with E-state index in [-0.39, 0.29) is 11.5 Å². The second kappa shape index (κ2) is 10.9. The molecule has 0 aliphatic carbocycles. The Morgan fingerprint density at radius 3 is 2.51 bits per heavy atom. The molecular formula is C26H23N5O3S3. The van der Waals surface area contributed by atoms with Gasteiger partial charge in [0.25, 0.3) is 5.56 Å². The van der Waals surface area contributed by atoms with Gasteiger partial charge in [-0.05, 0) is 49.2 Å². The van der Waals surface area contributed by atoms with Crippen molar-refractivity contribution >= 4 is 51.0 Å². The molecular weight excluding hydrogens is 527 g/mol. The van der Waals surface area contributed by atoms with E-state index < -0.39 is 0 Å². The van der Waals surface area contributed by atoms with Crippen molar-refractivity contribution in [2.45, 2.75) is 35.7 Å². The number of esters is 1. The first-order valence-corrected chi connectivity index (χ1v) is 14.2. The number of thioether (sulfide) groups is 2. The number of nitrogens with zero attached hydrogens (tertiary/aromatic N) is 4. The molecule has 1 N–H and O–H groups in total.